The van der Waals surface area contributed by atoms with Crippen LogP contribution in [-0.4, -0.2) is 24.1 Å². The molecule has 2 N–H and O–H groups in total. The first-order valence-electron chi connectivity index (χ1n) is 8.79. The minimum absolute atomic E-state index is 0.291. The van der Waals surface area contributed by atoms with E-state index in [0.29, 0.717) is 35.4 Å². The molecular weight excluding hydrogens is 378 g/mol. The maximum Gasteiger partial charge on any atom is 0.274 e. The van der Waals surface area contributed by atoms with E-state index in [4.69, 9.17) is 21.1 Å². The Hall–Kier alpha value is -3.25. The van der Waals surface area contributed by atoms with Crippen molar-refractivity contribution in [3.8, 4) is 11.5 Å². The van der Waals surface area contributed by atoms with Crippen molar-refractivity contribution < 1.29 is 14.3 Å². The van der Waals surface area contributed by atoms with Crippen LogP contribution < -0.4 is 20.1 Å². The Morgan fingerprint density at radius 3 is 2.54 bits per heavy atom. The van der Waals surface area contributed by atoms with Gasteiger partial charge in [0.1, 0.15) is 18.9 Å². The van der Waals surface area contributed by atoms with Crippen LogP contribution in [0.25, 0.3) is 0 Å². The van der Waals surface area contributed by atoms with Crippen LogP contribution in [0, 0.1) is 6.92 Å². The summed E-state index contributed by atoms with van der Waals surface area (Å²) in [6.07, 6.45) is 1.58. The second kappa shape index (κ2) is 7.78. The number of pyridine rings is 1. The number of carbonyl (C=O) groups excluding carboxylic acids is 1. The number of rotatable bonds is 4. The van der Waals surface area contributed by atoms with Crippen LogP contribution in [0.1, 0.15) is 16.1 Å². The van der Waals surface area contributed by atoms with Crippen LogP contribution in [0.3, 0.4) is 0 Å². The summed E-state index contributed by atoms with van der Waals surface area (Å²) >= 11 is 6.11. The standard InChI is InChI=1S/C21H18ClN3O3/c1-13-2-3-14(10-17(13)22)25-21(26)18-11-16(6-7-23-18)24-15-4-5-19-20(12-15)28-9-8-27-19/h2-7,10-12H,8-9H2,1H3,(H,23,24)(H,25,26). The highest BCUT2D eigenvalue weighted by atomic mass is 35.5. The van der Waals surface area contributed by atoms with Gasteiger partial charge in [0.2, 0.25) is 0 Å². The Morgan fingerprint density at radius 2 is 1.71 bits per heavy atom. The number of amides is 1. The summed E-state index contributed by atoms with van der Waals surface area (Å²) in [4.78, 5) is 16.7. The predicted octanol–water partition coefficient (Wildman–Crippen LogP) is 4.81. The third-order valence-corrected chi connectivity index (χ3v) is 4.66. The SMILES string of the molecule is Cc1ccc(NC(=O)c2cc(Nc3ccc4c(c3)OCCO4)ccn2)cc1Cl. The third kappa shape index (κ3) is 4.02. The summed E-state index contributed by atoms with van der Waals surface area (Å²) in [6.45, 7) is 2.98. The number of hydrogen-bond donors (Lipinski definition) is 2. The molecule has 0 atom stereocenters. The number of carbonyl (C=O) groups is 1. The fourth-order valence-electron chi connectivity index (χ4n) is 2.79. The lowest BCUT2D eigenvalue weighted by Crippen LogP contribution is -2.15. The number of halogens is 1. The average Bonchev–Trinajstić information content (AvgIpc) is 2.71. The highest BCUT2D eigenvalue weighted by molar-refractivity contribution is 6.31. The number of fused-ring (bicyclic) bond motifs is 1. The molecule has 28 heavy (non-hydrogen) atoms. The second-order valence-corrected chi connectivity index (χ2v) is 6.74. The molecule has 2 heterocycles. The number of nitrogens with one attached hydrogen (secondary N) is 2. The van der Waals surface area contributed by atoms with Crippen LogP contribution in [0.5, 0.6) is 11.5 Å². The zero-order valence-electron chi connectivity index (χ0n) is 15.2. The van der Waals surface area contributed by atoms with Gasteiger partial charge in [0, 0.05) is 34.3 Å². The molecule has 0 bridgehead atoms. The average molecular weight is 396 g/mol. The van der Waals surface area contributed by atoms with Gasteiger partial charge in [-0.2, -0.15) is 0 Å². The molecule has 0 fully saturated rings. The van der Waals surface area contributed by atoms with E-state index in [1.54, 1.807) is 30.5 Å². The lowest BCUT2D eigenvalue weighted by Gasteiger charge is -2.19. The second-order valence-electron chi connectivity index (χ2n) is 6.33. The van der Waals surface area contributed by atoms with Crippen molar-refractivity contribution >= 4 is 34.6 Å². The van der Waals surface area contributed by atoms with Crippen molar-refractivity contribution in [1.82, 2.24) is 4.98 Å². The first-order valence-corrected chi connectivity index (χ1v) is 9.16. The number of aryl methyl sites for hydroxylation is 1. The zero-order chi connectivity index (χ0) is 19.5. The molecular formula is C21H18ClN3O3. The number of hydrogen-bond acceptors (Lipinski definition) is 5. The molecule has 0 saturated carbocycles. The fourth-order valence-corrected chi connectivity index (χ4v) is 2.97. The van der Waals surface area contributed by atoms with E-state index in [1.165, 1.54) is 0 Å². The maximum atomic E-state index is 12.5. The van der Waals surface area contributed by atoms with Gasteiger partial charge in [0.05, 0.1) is 0 Å². The van der Waals surface area contributed by atoms with E-state index in [2.05, 4.69) is 15.6 Å². The van der Waals surface area contributed by atoms with Gasteiger partial charge in [-0.25, -0.2) is 0 Å². The fraction of sp³-hybridized carbons (Fsp3) is 0.143. The van der Waals surface area contributed by atoms with E-state index in [0.717, 1.165) is 22.7 Å². The summed E-state index contributed by atoms with van der Waals surface area (Å²) in [5.74, 6) is 1.11. The van der Waals surface area contributed by atoms with Gasteiger partial charge in [0.25, 0.3) is 5.91 Å². The third-order valence-electron chi connectivity index (χ3n) is 4.25. The number of ether oxygens (including phenoxy) is 2. The van der Waals surface area contributed by atoms with Crippen molar-refractivity contribution in [3.05, 3.63) is 71.0 Å². The molecule has 3 aromatic rings. The Morgan fingerprint density at radius 1 is 0.964 bits per heavy atom. The van der Waals surface area contributed by atoms with Crippen molar-refractivity contribution in [3.63, 3.8) is 0 Å². The van der Waals surface area contributed by atoms with E-state index in [-0.39, 0.29) is 5.91 Å². The van der Waals surface area contributed by atoms with Gasteiger partial charge in [-0.3, -0.25) is 9.78 Å². The molecule has 7 heteroatoms. The number of nitrogens with zero attached hydrogens (tertiary/aromatic N) is 1. The van der Waals surface area contributed by atoms with Gasteiger partial charge < -0.3 is 20.1 Å². The van der Waals surface area contributed by atoms with Gasteiger partial charge in [-0.1, -0.05) is 17.7 Å². The van der Waals surface area contributed by atoms with Crippen LogP contribution in [-0.2, 0) is 0 Å². The molecule has 1 amide bonds. The summed E-state index contributed by atoms with van der Waals surface area (Å²) in [7, 11) is 0. The Balaban J connectivity index is 1.49. The van der Waals surface area contributed by atoms with Crippen LogP contribution in [0.15, 0.2) is 54.7 Å². The lowest BCUT2D eigenvalue weighted by atomic mass is 10.2. The summed E-state index contributed by atoms with van der Waals surface area (Å²) in [5, 5.41) is 6.66. The van der Waals surface area contributed by atoms with E-state index in [9.17, 15) is 4.79 Å². The molecule has 1 aliphatic rings. The Labute approximate surface area is 167 Å². The topological polar surface area (TPSA) is 72.5 Å². The first-order chi connectivity index (χ1) is 13.6. The van der Waals surface area contributed by atoms with Crippen LogP contribution in [0.4, 0.5) is 17.1 Å². The molecule has 142 valence electrons. The normalized spacial score (nSPS) is 12.4. The zero-order valence-corrected chi connectivity index (χ0v) is 15.9. The molecule has 0 radical (unpaired) electrons. The van der Waals surface area contributed by atoms with Crippen molar-refractivity contribution in [2.24, 2.45) is 0 Å². The van der Waals surface area contributed by atoms with E-state index in [1.807, 2.05) is 31.2 Å². The van der Waals surface area contributed by atoms with Crippen molar-refractivity contribution in [2.45, 2.75) is 6.92 Å². The number of aromatic nitrogens is 1. The summed E-state index contributed by atoms with van der Waals surface area (Å²) in [6, 6.07) is 14.4. The predicted molar refractivity (Wildman–Crippen MR) is 109 cm³/mol. The monoisotopic (exact) mass is 395 g/mol. The molecule has 4 rings (SSSR count). The highest BCUT2D eigenvalue weighted by Crippen LogP contribution is 2.33. The van der Waals surface area contributed by atoms with Crippen molar-refractivity contribution in [2.75, 3.05) is 23.8 Å². The molecule has 0 spiro atoms. The van der Waals surface area contributed by atoms with E-state index >= 15 is 0 Å². The number of benzene rings is 2. The molecule has 2 aromatic carbocycles. The highest BCUT2D eigenvalue weighted by Gasteiger charge is 2.13. The molecule has 0 aliphatic carbocycles. The Kier molecular flexibility index (Phi) is 5.04. The Bertz CT molecular complexity index is 1040. The van der Waals surface area contributed by atoms with Gasteiger partial charge in [-0.15, -0.1) is 0 Å². The molecule has 1 aliphatic heterocycles. The quantitative estimate of drug-likeness (QED) is 0.663. The minimum Gasteiger partial charge on any atom is -0.486 e. The van der Waals surface area contributed by atoms with E-state index < -0.39 is 0 Å². The first kappa shape index (κ1) is 18.1. The van der Waals surface area contributed by atoms with Crippen LogP contribution in [0.2, 0.25) is 5.02 Å². The molecule has 0 unspecified atom stereocenters. The van der Waals surface area contributed by atoms with Crippen LogP contribution >= 0.6 is 11.6 Å². The van der Waals surface area contributed by atoms with Gasteiger partial charge in [0.15, 0.2) is 11.5 Å². The summed E-state index contributed by atoms with van der Waals surface area (Å²) < 4.78 is 11.1. The summed E-state index contributed by atoms with van der Waals surface area (Å²) in [5.41, 5.74) is 3.42. The smallest absolute Gasteiger partial charge is 0.274 e. The van der Waals surface area contributed by atoms with Gasteiger partial charge >= 0.3 is 0 Å². The number of anilines is 3. The van der Waals surface area contributed by atoms with Gasteiger partial charge in [-0.05, 0) is 48.9 Å². The molecule has 0 saturated heterocycles. The largest absolute Gasteiger partial charge is 0.486 e. The molecule has 6 nitrogen and oxygen atoms in total. The lowest BCUT2D eigenvalue weighted by molar-refractivity contribution is 0.102. The maximum absolute atomic E-state index is 12.5. The minimum atomic E-state index is -0.314. The van der Waals surface area contributed by atoms with Crippen molar-refractivity contribution in [1.29, 1.82) is 0 Å². The molecule has 1 aromatic heterocycles.